The molecule has 98 valence electrons. The Bertz CT molecular complexity index is 649. The van der Waals surface area contributed by atoms with Crippen LogP contribution in [0.3, 0.4) is 0 Å². The van der Waals surface area contributed by atoms with E-state index < -0.39 is 11.8 Å². The van der Waals surface area contributed by atoms with Crippen molar-refractivity contribution in [1.29, 1.82) is 0 Å². The van der Waals surface area contributed by atoms with Gasteiger partial charge >= 0.3 is 5.97 Å². The first-order chi connectivity index (χ1) is 8.97. The summed E-state index contributed by atoms with van der Waals surface area (Å²) < 4.78 is 13.8. The van der Waals surface area contributed by atoms with Crippen molar-refractivity contribution in [3.05, 3.63) is 57.3 Å². The smallest absolute Gasteiger partial charge is 0.337 e. The molecule has 0 amide bonds. The predicted molar refractivity (Wildman–Crippen MR) is 75.8 cm³/mol. The van der Waals surface area contributed by atoms with E-state index in [-0.39, 0.29) is 10.6 Å². The fourth-order valence-electron chi connectivity index (χ4n) is 1.54. The molecule has 0 heterocycles. The zero-order valence-corrected chi connectivity index (χ0v) is 11.8. The highest BCUT2D eigenvalue weighted by atomic mass is 79.9. The molecule has 0 radical (unpaired) electrons. The van der Waals surface area contributed by atoms with Gasteiger partial charge in [0, 0.05) is 10.2 Å². The molecule has 2 aromatic rings. The Labute approximate surface area is 122 Å². The van der Waals surface area contributed by atoms with Crippen LogP contribution in [-0.4, -0.2) is 11.1 Å². The number of carboxylic acids is 1. The highest BCUT2D eigenvalue weighted by Crippen LogP contribution is 2.27. The molecular formula is C13H8BrClFNO2. The molecule has 0 saturated heterocycles. The number of anilines is 2. The number of benzene rings is 2. The number of carboxylic acid groups (broad SMARTS) is 1. The van der Waals surface area contributed by atoms with Crippen molar-refractivity contribution in [3.63, 3.8) is 0 Å². The second kappa shape index (κ2) is 5.59. The number of hydrogen-bond donors (Lipinski definition) is 2. The lowest BCUT2D eigenvalue weighted by atomic mass is 10.1. The molecule has 0 aliphatic heterocycles. The van der Waals surface area contributed by atoms with E-state index in [1.165, 1.54) is 24.3 Å². The minimum absolute atomic E-state index is 0.0307. The molecule has 0 saturated carbocycles. The lowest BCUT2D eigenvalue weighted by molar-refractivity contribution is 0.0698. The molecule has 0 aliphatic carbocycles. The van der Waals surface area contributed by atoms with E-state index >= 15 is 0 Å². The van der Waals surface area contributed by atoms with Crippen LogP contribution in [-0.2, 0) is 0 Å². The number of aromatic carboxylic acids is 1. The monoisotopic (exact) mass is 343 g/mol. The molecule has 19 heavy (non-hydrogen) atoms. The maximum Gasteiger partial charge on any atom is 0.337 e. The van der Waals surface area contributed by atoms with Crippen molar-refractivity contribution < 1.29 is 14.3 Å². The van der Waals surface area contributed by atoms with Crippen LogP contribution in [0.2, 0.25) is 5.02 Å². The van der Waals surface area contributed by atoms with Gasteiger partial charge < -0.3 is 10.4 Å². The van der Waals surface area contributed by atoms with Crippen molar-refractivity contribution >= 4 is 44.9 Å². The van der Waals surface area contributed by atoms with E-state index in [4.69, 9.17) is 16.7 Å². The second-order valence-corrected chi connectivity index (χ2v) is 5.07. The van der Waals surface area contributed by atoms with Gasteiger partial charge in [-0.2, -0.15) is 0 Å². The third kappa shape index (κ3) is 3.24. The summed E-state index contributed by atoms with van der Waals surface area (Å²) in [5.41, 5.74) is 1.01. The zero-order valence-electron chi connectivity index (χ0n) is 9.45. The first-order valence-electron chi connectivity index (χ1n) is 5.22. The minimum atomic E-state index is -1.05. The quantitative estimate of drug-likeness (QED) is 0.849. The Morgan fingerprint density at radius 1 is 1.26 bits per heavy atom. The van der Waals surface area contributed by atoms with E-state index in [0.29, 0.717) is 11.4 Å². The highest BCUT2D eigenvalue weighted by molar-refractivity contribution is 9.10. The first kappa shape index (κ1) is 13.8. The van der Waals surface area contributed by atoms with Crippen molar-refractivity contribution in [3.8, 4) is 0 Å². The standard InChI is InChI=1S/C13H8BrClFNO2/c14-7-1-3-9(13(18)19)12(5-7)17-8-2-4-11(16)10(15)6-8/h1-6,17H,(H,18,19). The van der Waals surface area contributed by atoms with Gasteiger partial charge in [0.25, 0.3) is 0 Å². The van der Waals surface area contributed by atoms with Crippen molar-refractivity contribution in [1.82, 2.24) is 0 Å². The molecule has 0 bridgehead atoms. The fraction of sp³-hybridized carbons (Fsp3) is 0. The van der Waals surface area contributed by atoms with Crippen molar-refractivity contribution in [2.45, 2.75) is 0 Å². The molecular weight excluding hydrogens is 337 g/mol. The van der Waals surface area contributed by atoms with E-state index in [1.54, 1.807) is 12.1 Å². The van der Waals surface area contributed by atoms with Gasteiger partial charge in [0.1, 0.15) is 5.82 Å². The summed E-state index contributed by atoms with van der Waals surface area (Å²) in [5.74, 6) is -1.58. The minimum Gasteiger partial charge on any atom is -0.478 e. The van der Waals surface area contributed by atoms with Crippen LogP contribution < -0.4 is 5.32 Å². The highest BCUT2D eigenvalue weighted by Gasteiger charge is 2.11. The van der Waals surface area contributed by atoms with Gasteiger partial charge in [-0.3, -0.25) is 0 Å². The van der Waals surface area contributed by atoms with Gasteiger partial charge in [0.15, 0.2) is 0 Å². The maximum absolute atomic E-state index is 13.0. The van der Waals surface area contributed by atoms with Crippen LogP contribution in [0.5, 0.6) is 0 Å². The van der Waals surface area contributed by atoms with E-state index in [9.17, 15) is 9.18 Å². The lowest BCUT2D eigenvalue weighted by Crippen LogP contribution is -2.02. The van der Waals surface area contributed by atoms with Crippen LogP contribution in [0, 0.1) is 5.82 Å². The third-order valence-corrected chi connectivity index (χ3v) is 3.19. The average Bonchev–Trinajstić information content (AvgIpc) is 2.33. The summed E-state index contributed by atoms with van der Waals surface area (Å²) in [6, 6.07) is 8.81. The van der Waals surface area contributed by atoms with Crippen LogP contribution >= 0.6 is 27.5 Å². The Morgan fingerprint density at radius 3 is 2.63 bits per heavy atom. The molecule has 2 aromatic carbocycles. The first-order valence-corrected chi connectivity index (χ1v) is 6.39. The molecule has 0 unspecified atom stereocenters. The summed E-state index contributed by atoms with van der Waals surface area (Å²) in [6.07, 6.45) is 0. The van der Waals surface area contributed by atoms with Gasteiger partial charge in [-0.15, -0.1) is 0 Å². The summed E-state index contributed by atoms with van der Waals surface area (Å²) >= 11 is 8.94. The molecule has 0 aromatic heterocycles. The van der Waals surface area contributed by atoms with Crippen LogP contribution in [0.25, 0.3) is 0 Å². The lowest BCUT2D eigenvalue weighted by Gasteiger charge is -2.10. The van der Waals surface area contributed by atoms with Gasteiger partial charge in [0.05, 0.1) is 16.3 Å². The molecule has 2 N–H and O–H groups in total. The Balaban J connectivity index is 2.39. The van der Waals surface area contributed by atoms with E-state index in [2.05, 4.69) is 21.2 Å². The Morgan fingerprint density at radius 2 is 2.00 bits per heavy atom. The van der Waals surface area contributed by atoms with Crippen LogP contribution in [0.1, 0.15) is 10.4 Å². The molecule has 6 heteroatoms. The topological polar surface area (TPSA) is 49.3 Å². The van der Waals surface area contributed by atoms with E-state index in [0.717, 1.165) is 4.47 Å². The number of rotatable bonds is 3. The molecule has 0 spiro atoms. The summed E-state index contributed by atoms with van der Waals surface area (Å²) in [6.45, 7) is 0. The molecule has 3 nitrogen and oxygen atoms in total. The molecule has 0 atom stereocenters. The summed E-state index contributed by atoms with van der Waals surface area (Å²) in [5, 5.41) is 12.0. The predicted octanol–water partition coefficient (Wildman–Crippen LogP) is 4.68. The van der Waals surface area contributed by atoms with Crippen LogP contribution in [0.15, 0.2) is 40.9 Å². The maximum atomic E-state index is 13.0. The van der Waals surface area contributed by atoms with Gasteiger partial charge in [0.2, 0.25) is 0 Å². The van der Waals surface area contributed by atoms with E-state index in [1.807, 2.05) is 0 Å². The normalized spacial score (nSPS) is 10.3. The number of hydrogen-bond acceptors (Lipinski definition) is 2. The zero-order chi connectivity index (χ0) is 14.0. The van der Waals surface area contributed by atoms with Crippen LogP contribution in [0.4, 0.5) is 15.8 Å². The number of halogens is 3. The SMILES string of the molecule is O=C(O)c1ccc(Br)cc1Nc1ccc(F)c(Cl)c1. The molecule has 2 rings (SSSR count). The third-order valence-electron chi connectivity index (χ3n) is 2.41. The average molecular weight is 345 g/mol. The second-order valence-electron chi connectivity index (χ2n) is 3.75. The Hall–Kier alpha value is -1.59. The van der Waals surface area contributed by atoms with Gasteiger partial charge in [-0.25, -0.2) is 9.18 Å². The number of nitrogens with one attached hydrogen (secondary N) is 1. The largest absolute Gasteiger partial charge is 0.478 e. The van der Waals surface area contributed by atoms with Crippen molar-refractivity contribution in [2.24, 2.45) is 0 Å². The molecule has 0 fully saturated rings. The Kier molecular flexibility index (Phi) is 4.07. The van der Waals surface area contributed by atoms with Gasteiger partial charge in [-0.1, -0.05) is 27.5 Å². The van der Waals surface area contributed by atoms with Gasteiger partial charge in [-0.05, 0) is 36.4 Å². The molecule has 0 aliphatic rings. The number of carbonyl (C=O) groups is 1. The van der Waals surface area contributed by atoms with Crippen molar-refractivity contribution in [2.75, 3.05) is 5.32 Å². The fourth-order valence-corrected chi connectivity index (χ4v) is 2.08. The summed E-state index contributed by atoms with van der Waals surface area (Å²) in [7, 11) is 0. The summed E-state index contributed by atoms with van der Waals surface area (Å²) in [4.78, 5) is 11.1.